The lowest BCUT2D eigenvalue weighted by atomic mass is 10.0. The topological polar surface area (TPSA) is 88.4 Å². The van der Waals surface area contributed by atoms with Crippen LogP contribution in [0.15, 0.2) is 35.6 Å². The molecular formula is C21H27N5O3S. The quantitative estimate of drug-likeness (QED) is 0.739. The van der Waals surface area contributed by atoms with Crippen molar-refractivity contribution in [1.82, 2.24) is 24.0 Å². The summed E-state index contributed by atoms with van der Waals surface area (Å²) in [6.45, 7) is 1.55. The Balaban J connectivity index is 1.30. The average molecular weight is 430 g/mol. The van der Waals surface area contributed by atoms with E-state index in [1.165, 1.54) is 34.7 Å². The van der Waals surface area contributed by atoms with Crippen LogP contribution in [0.3, 0.4) is 0 Å². The Bertz CT molecular complexity index is 1030. The van der Waals surface area contributed by atoms with Crippen LogP contribution in [0.4, 0.5) is 0 Å². The van der Waals surface area contributed by atoms with Crippen LogP contribution in [0.5, 0.6) is 0 Å². The molecule has 2 saturated carbocycles. The van der Waals surface area contributed by atoms with Crippen LogP contribution in [0.2, 0.25) is 0 Å². The van der Waals surface area contributed by atoms with E-state index < -0.39 is 10.0 Å². The smallest absolute Gasteiger partial charge is 0.246 e. The van der Waals surface area contributed by atoms with E-state index in [4.69, 9.17) is 0 Å². The van der Waals surface area contributed by atoms with Crippen molar-refractivity contribution in [3.63, 3.8) is 0 Å². The molecule has 2 atom stereocenters. The van der Waals surface area contributed by atoms with Gasteiger partial charge in [-0.1, -0.05) is 12.8 Å². The molecule has 3 fully saturated rings. The molecule has 8 nitrogen and oxygen atoms in total. The van der Waals surface area contributed by atoms with Gasteiger partial charge in [0, 0.05) is 63.3 Å². The van der Waals surface area contributed by atoms with Gasteiger partial charge in [0.2, 0.25) is 15.9 Å². The summed E-state index contributed by atoms with van der Waals surface area (Å²) >= 11 is 0. The number of sulfonamides is 1. The number of aromatic nitrogens is 3. The molecule has 160 valence electrons. The molecule has 1 amide bonds. The number of carbonyl (C=O) groups is 1. The lowest BCUT2D eigenvalue weighted by Gasteiger charge is -2.34. The first-order valence-corrected chi connectivity index (χ1v) is 12.1. The number of hydrogen-bond acceptors (Lipinski definition) is 5. The van der Waals surface area contributed by atoms with E-state index >= 15 is 0 Å². The molecule has 1 saturated heterocycles. The van der Waals surface area contributed by atoms with Gasteiger partial charge in [-0.3, -0.25) is 14.5 Å². The number of piperazine rings is 1. The number of pyridine rings is 1. The molecule has 5 rings (SSSR count). The molecule has 2 aliphatic carbocycles. The maximum absolute atomic E-state index is 13.4. The minimum Gasteiger partial charge on any atom is -0.340 e. The van der Waals surface area contributed by atoms with Crippen molar-refractivity contribution < 1.29 is 13.2 Å². The van der Waals surface area contributed by atoms with E-state index in [-0.39, 0.29) is 16.7 Å². The number of fused-ring (bicyclic) bond motifs is 1. The first-order valence-electron chi connectivity index (χ1n) is 10.7. The van der Waals surface area contributed by atoms with Crippen molar-refractivity contribution in [1.29, 1.82) is 0 Å². The summed E-state index contributed by atoms with van der Waals surface area (Å²) in [4.78, 5) is 19.0. The van der Waals surface area contributed by atoms with E-state index in [2.05, 4.69) is 10.1 Å². The molecule has 3 aliphatic rings. The summed E-state index contributed by atoms with van der Waals surface area (Å²) in [5, 5.41) is 4.38. The predicted molar refractivity (Wildman–Crippen MR) is 111 cm³/mol. The summed E-state index contributed by atoms with van der Waals surface area (Å²) in [5.74, 6) is 1.58. The lowest BCUT2D eigenvalue weighted by Crippen LogP contribution is -2.51. The number of carbonyl (C=O) groups excluding carboxylic acids is 1. The second kappa shape index (κ2) is 7.46. The molecule has 9 heteroatoms. The van der Waals surface area contributed by atoms with Crippen LogP contribution in [-0.2, 0) is 21.9 Å². The fourth-order valence-corrected chi connectivity index (χ4v) is 6.83. The zero-order valence-electron chi connectivity index (χ0n) is 17.1. The van der Waals surface area contributed by atoms with Gasteiger partial charge in [-0.05, 0) is 36.8 Å². The molecule has 0 unspecified atom stereocenters. The molecule has 2 aromatic heterocycles. The molecular weight excluding hydrogens is 402 g/mol. The summed E-state index contributed by atoms with van der Waals surface area (Å²) in [6.07, 6.45) is 9.63. The second-order valence-corrected chi connectivity index (χ2v) is 10.5. The molecule has 0 bridgehead atoms. The fourth-order valence-electron chi connectivity index (χ4n) is 5.22. The summed E-state index contributed by atoms with van der Waals surface area (Å²) in [6, 6.07) is 3.51. The Morgan fingerprint density at radius 1 is 1.03 bits per heavy atom. The molecule has 3 heterocycles. The van der Waals surface area contributed by atoms with Gasteiger partial charge < -0.3 is 4.90 Å². The Labute approximate surface area is 176 Å². The third-order valence-electron chi connectivity index (χ3n) is 6.86. The number of aryl methyl sites for hydroxylation is 1. The number of amides is 1. The van der Waals surface area contributed by atoms with Gasteiger partial charge >= 0.3 is 0 Å². The largest absolute Gasteiger partial charge is 0.340 e. The van der Waals surface area contributed by atoms with Crippen molar-refractivity contribution in [2.75, 3.05) is 26.2 Å². The summed E-state index contributed by atoms with van der Waals surface area (Å²) < 4.78 is 29.8. The maximum Gasteiger partial charge on any atom is 0.246 e. The second-order valence-electron chi connectivity index (χ2n) is 8.62. The van der Waals surface area contributed by atoms with Crippen LogP contribution in [0.1, 0.15) is 25.7 Å². The van der Waals surface area contributed by atoms with Crippen molar-refractivity contribution in [3.05, 3.63) is 30.7 Å². The van der Waals surface area contributed by atoms with E-state index in [9.17, 15) is 13.2 Å². The maximum atomic E-state index is 13.4. The van der Waals surface area contributed by atoms with Crippen molar-refractivity contribution in [3.8, 4) is 11.3 Å². The van der Waals surface area contributed by atoms with Crippen molar-refractivity contribution in [2.24, 2.45) is 24.8 Å². The minimum absolute atomic E-state index is 0.187. The molecule has 0 radical (unpaired) electrons. The Morgan fingerprint density at radius 3 is 2.30 bits per heavy atom. The lowest BCUT2D eigenvalue weighted by molar-refractivity contribution is -0.134. The molecule has 0 spiro atoms. The zero-order valence-corrected chi connectivity index (χ0v) is 18.0. The van der Waals surface area contributed by atoms with Crippen LogP contribution in [0, 0.1) is 17.8 Å². The highest BCUT2D eigenvalue weighted by molar-refractivity contribution is 7.89. The fraction of sp³-hybridized carbons (Fsp3) is 0.571. The Hall–Kier alpha value is -2.26. The highest BCUT2D eigenvalue weighted by atomic mass is 32.2. The third-order valence-corrected chi connectivity index (χ3v) is 8.76. The van der Waals surface area contributed by atoms with Crippen LogP contribution >= 0.6 is 0 Å². The number of rotatable bonds is 4. The van der Waals surface area contributed by atoms with Crippen LogP contribution < -0.4 is 0 Å². The summed E-state index contributed by atoms with van der Waals surface area (Å²) in [5.41, 5.74) is 1.15. The highest BCUT2D eigenvalue weighted by Crippen LogP contribution is 2.56. The van der Waals surface area contributed by atoms with Crippen molar-refractivity contribution in [2.45, 2.75) is 30.6 Å². The standard InChI is InChI=1S/C21H27N5O3S/c1-24-14-18(20(23-24)15-6-8-22-9-7-15)30(28,29)26-12-10-25(11-13-26)21(27)19-16-4-2-3-5-17(16)19/h6-9,14,16-17,19H,2-5,10-13H2,1H3/t16-,17-/m0/s1. The van der Waals surface area contributed by atoms with Gasteiger partial charge in [0.15, 0.2) is 0 Å². The van der Waals surface area contributed by atoms with E-state index in [0.29, 0.717) is 49.3 Å². The monoisotopic (exact) mass is 429 g/mol. The van der Waals surface area contributed by atoms with Crippen LogP contribution in [-0.4, -0.2) is 64.5 Å². The first-order chi connectivity index (χ1) is 14.5. The predicted octanol–water partition coefficient (Wildman–Crippen LogP) is 1.75. The van der Waals surface area contributed by atoms with Gasteiger partial charge in [0.05, 0.1) is 0 Å². The van der Waals surface area contributed by atoms with E-state index in [1.54, 1.807) is 37.8 Å². The van der Waals surface area contributed by atoms with Gasteiger partial charge in [0.25, 0.3) is 0 Å². The first kappa shape index (κ1) is 19.7. The highest BCUT2D eigenvalue weighted by Gasteiger charge is 2.56. The SMILES string of the molecule is Cn1cc(S(=O)(=O)N2CCN(C(=O)C3[C@H]4CCCC[C@H]34)CC2)c(-c2ccncc2)n1. The Kier molecular flexibility index (Phi) is 4.89. The van der Waals surface area contributed by atoms with E-state index in [0.717, 1.165) is 0 Å². The van der Waals surface area contributed by atoms with Gasteiger partial charge in [-0.15, -0.1) is 0 Å². The number of hydrogen-bond donors (Lipinski definition) is 0. The molecule has 2 aromatic rings. The third kappa shape index (κ3) is 3.33. The van der Waals surface area contributed by atoms with Gasteiger partial charge in [-0.25, -0.2) is 8.42 Å². The molecule has 30 heavy (non-hydrogen) atoms. The molecule has 1 aliphatic heterocycles. The summed E-state index contributed by atoms with van der Waals surface area (Å²) in [7, 11) is -1.99. The van der Waals surface area contributed by atoms with Gasteiger partial charge in [0.1, 0.15) is 10.6 Å². The van der Waals surface area contributed by atoms with Gasteiger partial charge in [-0.2, -0.15) is 9.40 Å². The minimum atomic E-state index is -3.70. The van der Waals surface area contributed by atoms with Crippen LogP contribution in [0.25, 0.3) is 11.3 Å². The molecule has 0 N–H and O–H groups in total. The number of nitrogens with zero attached hydrogens (tertiary/aromatic N) is 5. The normalized spacial score (nSPS) is 27.0. The molecule has 0 aromatic carbocycles. The Morgan fingerprint density at radius 2 is 1.67 bits per heavy atom. The van der Waals surface area contributed by atoms with Crippen molar-refractivity contribution >= 4 is 15.9 Å². The average Bonchev–Trinajstić information content (AvgIpc) is 3.37. The zero-order chi connectivity index (χ0) is 20.9. The van der Waals surface area contributed by atoms with E-state index in [1.807, 2.05) is 4.90 Å².